The zero-order chi connectivity index (χ0) is 23.4. The monoisotopic (exact) mass is 452 g/mol. The Kier molecular flexibility index (Phi) is 5.21. The van der Waals surface area contributed by atoms with E-state index in [9.17, 15) is 0 Å². The highest BCUT2D eigenvalue weighted by Crippen LogP contribution is 2.43. The SMILES string of the molecule is C=C(OC)c1cc2c(Nc3cc(C4CC(OC5(C)CC5)CO4)nn3C(C)(C)C)nccn2n1. The van der Waals surface area contributed by atoms with E-state index in [1.165, 1.54) is 0 Å². The molecule has 3 aromatic heterocycles. The van der Waals surface area contributed by atoms with Crippen molar-refractivity contribution >= 4 is 22.9 Å². The Balaban J connectivity index is 1.43. The van der Waals surface area contributed by atoms with Crippen LogP contribution in [0.25, 0.3) is 11.3 Å². The third-order valence-corrected chi connectivity index (χ3v) is 6.23. The molecule has 5 rings (SSSR count). The maximum Gasteiger partial charge on any atom is 0.157 e. The highest BCUT2D eigenvalue weighted by molar-refractivity contribution is 5.75. The van der Waals surface area contributed by atoms with Crippen molar-refractivity contribution in [2.75, 3.05) is 19.0 Å². The number of nitrogens with one attached hydrogen (secondary N) is 1. The molecule has 176 valence electrons. The quantitative estimate of drug-likeness (QED) is 0.530. The number of hydrogen-bond acceptors (Lipinski definition) is 7. The van der Waals surface area contributed by atoms with Gasteiger partial charge in [-0.05, 0) is 46.6 Å². The molecule has 2 aliphatic rings. The second kappa shape index (κ2) is 7.85. The summed E-state index contributed by atoms with van der Waals surface area (Å²) in [7, 11) is 1.58. The molecule has 0 spiro atoms. The van der Waals surface area contributed by atoms with Crippen LogP contribution in [0.15, 0.2) is 31.1 Å². The maximum absolute atomic E-state index is 6.23. The van der Waals surface area contributed by atoms with Crippen LogP contribution in [0, 0.1) is 0 Å². The van der Waals surface area contributed by atoms with Gasteiger partial charge in [-0.25, -0.2) is 14.2 Å². The Labute approximate surface area is 193 Å². The van der Waals surface area contributed by atoms with E-state index in [0.717, 1.165) is 36.3 Å². The molecule has 9 heteroatoms. The normalized spacial score (nSPS) is 22.0. The van der Waals surface area contributed by atoms with Crippen LogP contribution in [0.4, 0.5) is 11.6 Å². The fraction of sp³-hybridized carbons (Fsp3) is 0.542. The van der Waals surface area contributed by atoms with Gasteiger partial charge in [0.15, 0.2) is 5.82 Å². The van der Waals surface area contributed by atoms with Gasteiger partial charge in [0.2, 0.25) is 0 Å². The first-order valence-corrected chi connectivity index (χ1v) is 11.4. The van der Waals surface area contributed by atoms with Gasteiger partial charge in [-0.15, -0.1) is 0 Å². The summed E-state index contributed by atoms with van der Waals surface area (Å²) in [5.41, 5.74) is 2.18. The van der Waals surface area contributed by atoms with Crippen molar-refractivity contribution in [2.45, 2.75) is 70.3 Å². The van der Waals surface area contributed by atoms with Crippen molar-refractivity contribution in [3.8, 4) is 0 Å². The lowest BCUT2D eigenvalue weighted by atomic mass is 10.1. The second-order valence-electron chi connectivity index (χ2n) is 10.2. The first-order chi connectivity index (χ1) is 15.6. The molecule has 1 aliphatic heterocycles. The Morgan fingerprint density at radius 1 is 1.27 bits per heavy atom. The van der Waals surface area contributed by atoms with Gasteiger partial charge >= 0.3 is 0 Å². The lowest BCUT2D eigenvalue weighted by molar-refractivity contribution is -0.0233. The largest absolute Gasteiger partial charge is 0.495 e. The summed E-state index contributed by atoms with van der Waals surface area (Å²) in [4.78, 5) is 4.56. The van der Waals surface area contributed by atoms with Crippen LogP contribution in [-0.2, 0) is 19.7 Å². The lowest BCUT2D eigenvalue weighted by Gasteiger charge is -2.22. The topological polar surface area (TPSA) is 87.7 Å². The maximum atomic E-state index is 6.23. The van der Waals surface area contributed by atoms with Gasteiger partial charge in [0, 0.05) is 24.9 Å². The Morgan fingerprint density at radius 2 is 2.06 bits per heavy atom. The highest BCUT2D eigenvalue weighted by Gasteiger charge is 2.43. The van der Waals surface area contributed by atoms with E-state index in [0.29, 0.717) is 23.9 Å². The number of nitrogens with zero attached hydrogens (tertiary/aromatic N) is 5. The minimum absolute atomic E-state index is 0.0446. The van der Waals surface area contributed by atoms with Gasteiger partial charge in [-0.3, -0.25) is 0 Å². The number of aromatic nitrogens is 5. The average Bonchev–Trinajstić information content (AvgIpc) is 3.17. The Hall–Kier alpha value is -2.91. The van der Waals surface area contributed by atoms with Crippen molar-refractivity contribution < 1.29 is 14.2 Å². The molecule has 0 aromatic carbocycles. The van der Waals surface area contributed by atoms with Crippen molar-refractivity contribution in [2.24, 2.45) is 0 Å². The molecule has 9 nitrogen and oxygen atoms in total. The van der Waals surface area contributed by atoms with Gasteiger partial charge < -0.3 is 19.5 Å². The van der Waals surface area contributed by atoms with Crippen molar-refractivity contribution in [3.05, 3.63) is 42.5 Å². The fourth-order valence-electron chi connectivity index (χ4n) is 4.12. The zero-order valence-corrected chi connectivity index (χ0v) is 20.0. The number of ether oxygens (including phenoxy) is 3. The summed E-state index contributed by atoms with van der Waals surface area (Å²) in [6, 6.07) is 3.95. The van der Waals surface area contributed by atoms with Gasteiger partial charge in [0.05, 0.1) is 36.7 Å². The zero-order valence-electron chi connectivity index (χ0n) is 20.0. The number of rotatable bonds is 7. The minimum Gasteiger partial charge on any atom is -0.495 e. The third kappa shape index (κ3) is 4.35. The van der Waals surface area contributed by atoms with Crippen LogP contribution in [0.3, 0.4) is 0 Å². The summed E-state index contributed by atoms with van der Waals surface area (Å²) >= 11 is 0. The average molecular weight is 453 g/mol. The number of methoxy groups -OCH3 is 1. The van der Waals surface area contributed by atoms with E-state index >= 15 is 0 Å². The first kappa shape index (κ1) is 21.9. The van der Waals surface area contributed by atoms with Crippen LogP contribution in [0.5, 0.6) is 0 Å². The van der Waals surface area contributed by atoms with Crippen molar-refractivity contribution in [1.29, 1.82) is 0 Å². The molecule has 1 N–H and O–H groups in total. The van der Waals surface area contributed by atoms with Crippen molar-refractivity contribution in [1.82, 2.24) is 24.4 Å². The smallest absolute Gasteiger partial charge is 0.157 e. The van der Waals surface area contributed by atoms with Crippen LogP contribution in [0.1, 0.15) is 64.4 Å². The van der Waals surface area contributed by atoms with E-state index in [1.54, 1.807) is 24.0 Å². The molecule has 2 unspecified atom stereocenters. The predicted molar refractivity (Wildman–Crippen MR) is 125 cm³/mol. The third-order valence-electron chi connectivity index (χ3n) is 6.23. The number of fused-ring (bicyclic) bond motifs is 1. The lowest BCUT2D eigenvalue weighted by Crippen LogP contribution is -2.25. The fourth-order valence-corrected chi connectivity index (χ4v) is 4.12. The summed E-state index contributed by atoms with van der Waals surface area (Å²) in [5.74, 6) is 2.02. The first-order valence-electron chi connectivity index (χ1n) is 11.4. The molecule has 0 bridgehead atoms. The second-order valence-corrected chi connectivity index (χ2v) is 10.2. The van der Waals surface area contributed by atoms with Gasteiger partial charge in [0.1, 0.15) is 28.9 Å². The molecular weight excluding hydrogens is 420 g/mol. The van der Waals surface area contributed by atoms with Gasteiger partial charge in [-0.2, -0.15) is 10.2 Å². The molecule has 33 heavy (non-hydrogen) atoms. The molecule has 1 aliphatic carbocycles. The summed E-state index contributed by atoms with van der Waals surface area (Å²) in [6.45, 7) is 13.0. The molecule has 1 saturated carbocycles. The molecule has 2 fully saturated rings. The van der Waals surface area contributed by atoms with E-state index in [4.69, 9.17) is 19.3 Å². The summed E-state index contributed by atoms with van der Waals surface area (Å²) in [6.07, 6.45) is 6.62. The van der Waals surface area contributed by atoms with Crippen LogP contribution < -0.4 is 5.32 Å². The standard InChI is InChI=1S/C24H32N6O3/c1-15(31-6)17-12-19-22(25-9-10-29(19)27-17)26-21-13-18(28-30(21)23(2,3)4)20-11-16(14-32-20)33-24(5)7-8-24/h9-10,12-13,16,20H,1,7-8,11,14H2,2-6H3,(H,25,26). The molecule has 1 saturated heterocycles. The van der Waals surface area contributed by atoms with E-state index < -0.39 is 0 Å². The summed E-state index contributed by atoms with van der Waals surface area (Å²) in [5, 5.41) is 12.9. The molecule has 3 aromatic rings. The van der Waals surface area contributed by atoms with Gasteiger partial charge in [-0.1, -0.05) is 6.58 Å². The highest BCUT2D eigenvalue weighted by atomic mass is 16.6. The van der Waals surface area contributed by atoms with Crippen LogP contribution >= 0.6 is 0 Å². The van der Waals surface area contributed by atoms with Gasteiger partial charge in [0.25, 0.3) is 0 Å². The van der Waals surface area contributed by atoms with Crippen LogP contribution in [0.2, 0.25) is 0 Å². The molecule has 0 radical (unpaired) electrons. The van der Waals surface area contributed by atoms with E-state index in [2.05, 4.69) is 49.7 Å². The number of hydrogen-bond donors (Lipinski definition) is 1. The molecule has 4 heterocycles. The molecular formula is C24H32N6O3. The van der Waals surface area contributed by atoms with E-state index in [-0.39, 0.29) is 23.3 Å². The van der Waals surface area contributed by atoms with E-state index in [1.807, 2.05) is 16.8 Å². The van der Waals surface area contributed by atoms with Crippen LogP contribution in [-0.4, -0.2) is 49.8 Å². The Bertz CT molecular complexity index is 1190. The molecule has 2 atom stereocenters. The summed E-state index contributed by atoms with van der Waals surface area (Å²) < 4.78 is 21.3. The predicted octanol–water partition coefficient (Wildman–Crippen LogP) is 4.44. The molecule has 0 amide bonds. The minimum atomic E-state index is -0.239. The number of anilines is 2. The van der Waals surface area contributed by atoms with Crippen molar-refractivity contribution in [3.63, 3.8) is 0 Å². The Morgan fingerprint density at radius 3 is 2.76 bits per heavy atom.